The van der Waals surface area contributed by atoms with Crippen LogP contribution in [0.25, 0.3) is 11.0 Å². The summed E-state index contributed by atoms with van der Waals surface area (Å²) in [5, 5.41) is 8.41. The Balaban J connectivity index is 1.41. The highest BCUT2D eigenvalue weighted by Gasteiger charge is 2.27. The van der Waals surface area contributed by atoms with E-state index in [9.17, 15) is 19.2 Å². The molecule has 0 aliphatic carbocycles. The third-order valence-electron chi connectivity index (χ3n) is 4.65. The van der Waals surface area contributed by atoms with Gasteiger partial charge in [0, 0.05) is 18.2 Å². The van der Waals surface area contributed by atoms with E-state index >= 15 is 0 Å². The van der Waals surface area contributed by atoms with E-state index in [2.05, 4.69) is 16.0 Å². The van der Waals surface area contributed by atoms with Crippen LogP contribution in [0.2, 0.25) is 0 Å². The van der Waals surface area contributed by atoms with Crippen molar-refractivity contribution in [3.8, 4) is 0 Å². The zero-order chi connectivity index (χ0) is 20.4. The molecule has 3 amide bonds. The van der Waals surface area contributed by atoms with Crippen LogP contribution in [0, 0.1) is 0 Å². The van der Waals surface area contributed by atoms with Crippen molar-refractivity contribution in [3.63, 3.8) is 0 Å². The molecule has 0 bridgehead atoms. The predicted octanol–water partition coefficient (Wildman–Crippen LogP) is 2.26. The number of fused-ring (bicyclic) bond motifs is 2. The lowest BCUT2D eigenvalue weighted by atomic mass is 10.1. The number of rotatable bonds is 4. The summed E-state index contributed by atoms with van der Waals surface area (Å²) in [7, 11) is 0. The van der Waals surface area contributed by atoms with E-state index in [0.29, 0.717) is 27.9 Å². The van der Waals surface area contributed by atoms with E-state index in [0.717, 1.165) is 0 Å². The van der Waals surface area contributed by atoms with Crippen molar-refractivity contribution in [2.75, 3.05) is 10.6 Å². The Morgan fingerprint density at radius 3 is 2.76 bits per heavy atom. The van der Waals surface area contributed by atoms with Gasteiger partial charge in [-0.15, -0.1) is 0 Å². The summed E-state index contributed by atoms with van der Waals surface area (Å²) < 4.78 is 5.24. The van der Waals surface area contributed by atoms with E-state index in [1.807, 2.05) is 0 Å². The van der Waals surface area contributed by atoms with Crippen LogP contribution in [0.1, 0.15) is 23.2 Å². The summed E-state index contributed by atoms with van der Waals surface area (Å²) in [6, 6.07) is 11.9. The van der Waals surface area contributed by atoms with Crippen LogP contribution < -0.4 is 21.4 Å². The maximum Gasteiger partial charge on any atom is 0.254 e. The molecule has 29 heavy (non-hydrogen) atoms. The molecular weight excluding hydrogens is 374 g/mol. The van der Waals surface area contributed by atoms with Crippen molar-refractivity contribution < 1.29 is 18.8 Å². The van der Waals surface area contributed by atoms with E-state index in [1.54, 1.807) is 36.4 Å². The molecule has 0 spiro atoms. The van der Waals surface area contributed by atoms with Crippen LogP contribution in [0.5, 0.6) is 0 Å². The van der Waals surface area contributed by atoms with E-state index in [1.165, 1.54) is 18.4 Å². The van der Waals surface area contributed by atoms with Crippen molar-refractivity contribution >= 4 is 40.1 Å². The predicted molar refractivity (Wildman–Crippen MR) is 107 cm³/mol. The number of hydrogen-bond acceptors (Lipinski definition) is 5. The molecule has 0 saturated heterocycles. The lowest BCUT2D eigenvalue weighted by molar-refractivity contribution is -0.118. The average molecular weight is 391 g/mol. The van der Waals surface area contributed by atoms with Gasteiger partial charge in [-0.2, -0.15) is 0 Å². The fourth-order valence-electron chi connectivity index (χ4n) is 3.18. The smallest absolute Gasteiger partial charge is 0.254 e. The first kappa shape index (κ1) is 18.4. The number of amides is 3. The van der Waals surface area contributed by atoms with Crippen molar-refractivity contribution in [2.45, 2.75) is 18.9 Å². The molecule has 1 aliphatic heterocycles. The third kappa shape index (κ3) is 3.86. The monoisotopic (exact) mass is 391 g/mol. The number of hydrogen-bond donors (Lipinski definition) is 3. The van der Waals surface area contributed by atoms with Gasteiger partial charge in [-0.25, -0.2) is 0 Å². The second-order valence-corrected chi connectivity index (χ2v) is 6.64. The number of benzene rings is 2. The first-order valence-corrected chi connectivity index (χ1v) is 9.03. The Kier molecular flexibility index (Phi) is 4.82. The topological polar surface area (TPSA) is 118 Å². The van der Waals surface area contributed by atoms with Crippen LogP contribution >= 0.6 is 0 Å². The normalized spacial score (nSPS) is 15.8. The molecule has 0 radical (unpaired) electrons. The van der Waals surface area contributed by atoms with Gasteiger partial charge < -0.3 is 20.4 Å². The molecule has 1 atom stereocenters. The molecule has 1 unspecified atom stereocenters. The molecule has 2 heterocycles. The number of para-hydroxylation sites is 1. The molecule has 1 aromatic heterocycles. The van der Waals surface area contributed by atoms with Crippen LogP contribution in [0.3, 0.4) is 0 Å². The molecule has 2 aromatic carbocycles. The highest BCUT2D eigenvalue weighted by molar-refractivity contribution is 6.10. The summed E-state index contributed by atoms with van der Waals surface area (Å²) >= 11 is 0. The maximum atomic E-state index is 12.4. The second kappa shape index (κ2) is 7.59. The Morgan fingerprint density at radius 2 is 1.90 bits per heavy atom. The summed E-state index contributed by atoms with van der Waals surface area (Å²) in [5.41, 5.74) is 1.48. The van der Waals surface area contributed by atoms with E-state index in [-0.39, 0.29) is 36.0 Å². The number of anilines is 2. The lowest BCUT2D eigenvalue weighted by Crippen LogP contribution is -2.41. The first-order chi connectivity index (χ1) is 14.0. The molecular formula is C21H17N3O5. The van der Waals surface area contributed by atoms with Crippen LogP contribution in [0.15, 0.2) is 64.0 Å². The highest BCUT2D eigenvalue weighted by Crippen LogP contribution is 2.20. The van der Waals surface area contributed by atoms with Crippen LogP contribution in [-0.4, -0.2) is 23.8 Å². The first-order valence-electron chi connectivity index (χ1n) is 9.03. The average Bonchev–Trinajstić information content (AvgIpc) is 2.83. The van der Waals surface area contributed by atoms with Crippen LogP contribution in [0.4, 0.5) is 11.4 Å². The Hall–Kier alpha value is -3.94. The van der Waals surface area contributed by atoms with Crippen LogP contribution in [-0.2, 0) is 9.59 Å². The summed E-state index contributed by atoms with van der Waals surface area (Å²) in [6.45, 7) is 0. The molecule has 1 aliphatic rings. The molecule has 146 valence electrons. The van der Waals surface area contributed by atoms with Gasteiger partial charge in [-0.05, 0) is 36.8 Å². The van der Waals surface area contributed by atoms with Gasteiger partial charge in [0.1, 0.15) is 11.6 Å². The number of carbonyl (C=O) groups is 3. The van der Waals surface area contributed by atoms with Crippen molar-refractivity contribution in [3.05, 3.63) is 70.6 Å². The van der Waals surface area contributed by atoms with Gasteiger partial charge in [0.2, 0.25) is 11.8 Å². The standard InChI is InChI=1S/C21H17N3O5/c25-17-9-10-29-18-7-5-12(11-14(17)18)22-19(26)8-6-16-21(28)23-15-4-2-1-3-13(15)20(27)24-16/h1-5,7,9-11,16H,6,8H2,(H,22,26)(H,23,28)(H,24,27). The van der Waals surface area contributed by atoms with E-state index in [4.69, 9.17) is 4.42 Å². The Labute approximate surface area is 164 Å². The minimum absolute atomic E-state index is 0.0101. The molecule has 8 nitrogen and oxygen atoms in total. The van der Waals surface area contributed by atoms with Gasteiger partial charge in [0.25, 0.3) is 5.91 Å². The van der Waals surface area contributed by atoms with Gasteiger partial charge in [0.15, 0.2) is 5.43 Å². The fraction of sp³-hybridized carbons (Fsp3) is 0.143. The SMILES string of the molecule is O=C(CCC1NC(=O)c2ccccc2NC1=O)Nc1ccc2occc(=O)c2c1. The third-order valence-corrected chi connectivity index (χ3v) is 4.65. The Morgan fingerprint density at radius 1 is 1.07 bits per heavy atom. The highest BCUT2D eigenvalue weighted by atomic mass is 16.3. The molecule has 8 heteroatoms. The summed E-state index contributed by atoms with van der Waals surface area (Å²) in [6.07, 6.45) is 1.45. The molecule has 3 N–H and O–H groups in total. The van der Waals surface area contributed by atoms with E-state index < -0.39 is 6.04 Å². The Bertz CT molecular complexity index is 1180. The maximum absolute atomic E-state index is 12.4. The second-order valence-electron chi connectivity index (χ2n) is 6.64. The summed E-state index contributed by atoms with van der Waals surface area (Å²) in [4.78, 5) is 48.9. The lowest BCUT2D eigenvalue weighted by Gasteiger charge is -2.14. The minimum atomic E-state index is -0.829. The molecule has 0 saturated carbocycles. The molecule has 4 rings (SSSR count). The van der Waals surface area contributed by atoms with Crippen molar-refractivity contribution in [2.24, 2.45) is 0 Å². The molecule has 3 aromatic rings. The van der Waals surface area contributed by atoms with Crippen molar-refractivity contribution in [1.29, 1.82) is 0 Å². The zero-order valence-corrected chi connectivity index (χ0v) is 15.2. The van der Waals surface area contributed by atoms with Gasteiger partial charge in [0.05, 0.1) is 22.9 Å². The summed E-state index contributed by atoms with van der Waals surface area (Å²) in [5.74, 6) is -1.08. The van der Waals surface area contributed by atoms with Gasteiger partial charge >= 0.3 is 0 Å². The number of nitrogens with one attached hydrogen (secondary N) is 3. The zero-order valence-electron chi connectivity index (χ0n) is 15.2. The quantitative estimate of drug-likeness (QED) is 0.631. The molecule has 0 fully saturated rings. The largest absolute Gasteiger partial charge is 0.464 e. The number of carbonyl (C=O) groups excluding carboxylic acids is 3. The van der Waals surface area contributed by atoms with Gasteiger partial charge in [-0.3, -0.25) is 19.2 Å². The van der Waals surface area contributed by atoms with Crippen molar-refractivity contribution in [1.82, 2.24) is 5.32 Å². The minimum Gasteiger partial charge on any atom is -0.464 e. The fourth-order valence-corrected chi connectivity index (χ4v) is 3.18. The van der Waals surface area contributed by atoms with Gasteiger partial charge in [-0.1, -0.05) is 12.1 Å².